The number of rotatable bonds is 4. The molecule has 6 rings (SSSR count). The van der Waals surface area contributed by atoms with Crippen LogP contribution in [0.25, 0.3) is 11.2 Å². The number of hydrogen-bond acceptors (Lipinski definition) is 6. The van der Waals surface area contributed by atoms with Crippen molar-refractivity contribution < 1.29 is 4.79 Å². The summed E-state index contributed by atoms with van der Waals surface area (Å²) in [5.41, 5.74) is 1.74. The highest BCUT2D eigenvalue weighted by molar-refractivity contribution is 5.80. The normalized spacial score (nSPS) is 20.8. The Morgan fingerprint density at radius 3 is 2.58 bits per heavy atom. The molecule has 3 saturated heterocycles. The molecule has 10 nitrogen and oxygen atoms in total. The van der Waals surface area contributed by atoms with Gasteiger partial charge in [-0.15, -0.1) is 0 Å². The summed E-state index contributed by atoms with van der Waals surface area (Å²) in [6.07, 6.45) is 2.47. The molecule has 2 atom stereocenters. The second-order valence-corrected chi connectivity index (χ2v) is 8.56. The lowest BCUT2D eigenvalue weighted by Gasteiger charge is -2.56. The van der Waals surface area contributed by atoms with Crippen molar-refractivity contribution in [1.29, 1.82) is 0 Å². The zero-order valence-corrected chi connectivity index (χ0v) is 17.9. The van der Waals surface area contributed by atoms with Gasteiger partial charge < -0.3 is 9.47 Å². The Morgan fingerprint density at radius 1 is 1.13 bits per heavy atom. The smallest absolute Gasteiger partial charge is 0.332 e. The summed E-state index contributed by atoms with van der Waals surface area (Å²) in [6.45, 7) is 4.45. The molecule has 0 spiro atoms. The number of carbonyl (C=O) groups excluding carboxylic acids is 1. The highest BCUT2D eigenvalue weighted by Gasteiger charge is 2.47. The molecule has 1 amide bonds. The molecule has 0 radical (unpaired) electrons. The number of aromatic nitrogens is 5. The minimum atomic E-state index is -0.441. The molecule has 31 heavy (non-hydrogen) atoms. The Hall–Kier alpha value is -3.27. The topological polar surface area (TPSA) is 98.3 Å². The minimum absolute atomic E-state index is 0.0233. The van der Waals surface area contributed by atoms with Crippen LogP contribution in [-0.2, 0) is 32.0 Å². The molecule has 3 aliphatic rings. The second-order valence-electron chi connectivity index (χ2n) is 8.56. The molecule has 0 N–H and O–H groups in total. The molecule has 2 bridgehead atoms. The van der Waals surface area contributed by atoms with Crippen LogP contribution in [0.1, 0.15) is 17.8 Å². The maximum absolute atomic E-state index is 13.1. The Balaban J connectivity index is 1.31. The van der Waals surface area contributed by atoms with Crippen LogP contribution >= 0.6 is 0 Å². The van der Waals surface area contributed by atoms with Crippen LogP contribution < -0.4 is 11.2 Å². The molecule has 0 aromatic carbocycles. The molecule has 0 aliphatic carbocycles. The van der Waals surface area contributed by atoms with E-state index < -0.39 is 11.2 Å². The summed E-state index contributed by atoms with van der Waals surface area (Å²) in [7, 11) is 3.00. The van der Waals surface area contributed by atoms with Gasteiger partial charge in [0.1, 0.15) is 6.54 Å². The monoisotopic (exact) mass is 423 g/mol. The van der Waals surface area contributed by atoms with E-state index in [1.165, 1.54) is 17.9 Å². The number of hydrogen-bond donors (Lipinski definition) is 0. The van der Waals surface area contributed by atoms with E-state index in [1.54, 1.807) is 11.6 Å². The Morgan fingerprint density at radius 2 is 1.87 bits per heavy atom. The van der Waals surface area contributed by atoms with Gasteiger partial charge in [-0.2, -0.15) is 0 Å². The first kappa shape index (κ1) is 19.7. The molecular weight excluding hydrogens is 398 g/mol. The Bertz CT molecular complexity index is 1290. The SMILES string of the molecule is Cc1cccc(CN2CC3CC(C2)N3C(=O)Cn2cnc3c2c(=O)n(C)c(=O)n3C)n1. The standard InChI is InChI=1S/C21H25N7O3/c1-13-5-4-6-14(23-13)8-26-9-15-7-16(10-26)28(15)17(29)11-27-12-22-19-18(27)20(30)25(3)21(31)24(19)2/h4-6,12,15-16H,7-11H2,1-3H3. The molecule has 3 aromatic heterocycles. The third-order valence-electron chi connectivity index (χ3n) is 6.41. The van der Waals surface area contributed by atoms with Crippen LogP contribution in [0.3, 0.4) is 0 Å². The summed E-state index contributed by atoms with van der Waals surface area (Å²) >= 11 is 0. The number of piperidine rings is 1. The van der Waals surface area contributed by atoms with Crippen molar-refractivity contribution >= 4 is 17.1 Å². The fraction of sp³-hybridized carbons (Fsp3) is 0.476. The van der Waals surface area contributed by atoms with Crippen LogP contribution in [0.15, 0.2) is 34.1 Å². The quantitative estimate of drug-likeness (QED) is 0.568. The van der Waals surface area contributed by atoms with Crippen molar-refractivity contribution in [3.63, 3.8) is 0 Å². The summed E-state index contributed by atoms with van der Waals surface area (Å²) in [4.78, 5) is 50.9. The van der Waals surface area contributed by atoms with E-state index in [-0.39, 0.29) is 30.1 Å². The Kier molecular flexibility index (Phi) is 4.54. The number of pyridine rings is 1. The molecule has 10 heteroatoms. The van der Waals surface area contributed by atoms with Gasteiger partial charge in [-0.05, 0) is 25.5 Å². The van der Waals surface area contributed by atoms with E-state index in [1.807, 2.05) is 30.0 Å². The van der Waals surface area contributed by atoms with Crippen molar-refractivity contribution in [3.8, 4) is 0 Å². The molecule has 3 aliphatic heterocycles. The maximum Gasteiger partial charge on any atom is 0.332 e. The van der Waals surface area contributed by atoms with Gasteiger partial charge >= 0.3 is 5.69 Å². The van der Waals surface area contributed by atoms with Crippen molar-refractivity contribution in [2.45, 2.75) is 38.5 Å². The van der Waals surface area contributed by atoms with E-state index in [0.29, 0.717) is 5.65 Å². The largest absolute Gasteiger partial charge is 0.332 e. The fourth-order valence-corrected chi connectivity index (χ4v) is 4.89. The molecular formula is C21H25N7O3. The average molecular weight is 423 g/mol. The van der Waals surface area contributed by atoms with Crippen molar-refractivity contribution in [2.24, 2.45) is 14.1 Å². The third-order valence-corrected chi connectivity index (χ3v) is 6.41. The number of piperazine rings is 1. The van der Waals surface area contributed by atoms with E-state index in [2.05, 4.69) is 14.9 Å². The van der Waals surface area contributed by atoms with Crippen LogP contribution in [-0.4, -0.2) is 64.5 Å². The number of aryl methyl sites for hydroxylation is 2. The zero-order valence-electron chi connectivity index (χ0n) is 17.9. The van der Waals surface area contributed by atoms with Gasteiger partial charge in [-0.25, -0.2) is 9.78 Å². The molecule has 2 unspecified atom stereocenters. The highest BCUT2D eigenvalue weighted by Crippen LogP contribution is 2.33. The van der Waals surface area contributed by atoms with Gasteiger partial charge in [0.25, 0.3) is 5.56 Å². The number of nitrogens with zero attached hydrogens (tertiary/aromatic N) is 7. The van der Waals surface area contributed by atoms with Gasteiger partial charge in [-0.1, -0.05) is 6.07 Å². The summed E-state index contributed by atoms with van der Waals surface area (Å²) in [6, 6.07) is 6.40. The number of carbonyl (C=O) groups is 1. The number of fused-ring (bicyclic) bond motifs is 3. The summed E-state index contributed by atoms with van der Waals surface area (Å²) in [5.74, 6) is -0.0233. The summed E-state index contributed by atoms with van der Waals surface area (Å²) < 4.78 is 3.93. The second kappa shape index (κ2) is 7.16. The Labute approximate surface area is 178 Å². The first-order valence-electron chi connectivity index (χ1n) is 10.4. The van der Waals surface area contributed by atoms with Crippen LogP contribution in [0.4, 0.5) is 0 Å². The van der Waals surface area contributed by atoms with E-state index in [0.717, 1.165) is 42.0 Å². The van der Waals surface area contributed by atoms with Gasteiger partial charge in [0.15, 0.2) is 11.2 Å². The van der Waals surface area contributed by atoms with Crippen LogP contribution in [0, 0.1) is 6.92 Å². The predicted molar refractivity (Wildman–Crippen MR) is 114 cm³/mol. The van der Waals surface area contributed by atoms with Crippen molar-refractivity contribution in [2.75, 3.05) is 13.1 Å². The molecule has 3 aromatic rings. The average Bonchev–Trinajstić information content (AvgIpc) is 3.14. The van der Waals surface area contributed by atoms with Gasteiger partial charge in [0.2, 0.25) is 5.91 Å². The number of imidazole rings is 1. The number of amides is 1. The first-order valence-corrected chi connectivity index (χ1v) is 10.4. The third kappa shape index (κ3) is 3.18. The lowest BCUT2D eigenvalue weighted by atomic mass is 9.87. The van der Waals surface area contributed by atoms with Gasteiger partial charge in [0.05, 0.1) is 12.0 Å². The van der Waals surface area contributed by atoms with Crippen molar-refractivity contribution in [3.05, 3.63) is 56.8 Å². The van der Waals surface area contributed by atoms with E-state index in [4.69, 9.17) is 0 Å². The zero-order chi connectivity index (χ0) is 21.9. The maximum atomic E-state index is 13.1. The van der Waals surface area contributed by atoms with Crippen LogP contribution in [0.5, 0.6) is 0 Å². The lowest BCUT2D eigenvalue weighted by Crippen LogP contribution is -2.70. The fourth-order valence-electron chi connectivity index (χ4n) is 4.89. The van der Waals surface area contributed by atoms with Crippen molar-refractivity contribution in [1.82, 2.24) is 33.5 Å². The van der Waals surface area contributed by atoms with Gasteiger partial charge in [-0.3, -0.25) is 28.6 Å². The van der Waals surface area contributed by atoms with E-state index >= 15 is 0 Å². The van der Waals surface area contributed by atoms with Gasteiger partial charge in [0, 0.05) is 51.5 Å². The minimum Gasteiger partial charge on any atom is -0.332 e. The molecule has 0 saturated carbocycles. The van der Waals surface area contributed by atoms with Crippen LogP contribution in [0.2, 0.25) is 0 Å². The molecule has 3 fully saturated rings. The molecule has 162 valence electrons. The highest BCUT2D eigenvalue weighted by atomic mass is 16.2. The predicted octanol–water partition coefficient (Wildman–Crippen LogP) is -0.378. The summed E-state index contributed by atoms with van der Waals surface area (Å²) in [5, 5.41) is 0. The molecule has 6 heterocycles. The lowest BCUT2D eigenvalue weighted by molar-refractivity contribution is -0.154. The first-order chi connectivity index (χ1) is 14.8. The van der Waals surface area contributed by atoms with E-state index in [9.17, 15) is 14.4 Å².